The smallest absolute Gasteiger partial charge is 0.232 e. The Balaban J connectivity index is 2.29. The standard InChI is InChI=1S/C16H21NO3S/c1-3-11-16-12-7-4-5-8-13(12)17(21(2,19)20)14(16)9-6-10-15(16)18/h3-5,7-8,14-15,18H,1,6,9-11H2,2H3/t14-,15-,16-/m0/s1. The molecule has 0 aromatic heterocycles. The van der Waals surface area contributed by atoms with Crippen molar-refractivity contribution >= 4 is 15.7 Å². The topological polar surface area (TPSA) is 57.6 Å². The van der Waals surface area contributed by atoms with Crippen LogP contribution in [0.2, 0.25) is 0 Å². The van der Waals surface area contributed by atoms with Crippen LogP contribution in [0.4, 0.5) is 5.69 Å². The minimum Gasteiger partial charge on any atom is -0.392 e. The number of rotatable bonds is 3. The predicted octanol–water partition coefficient (Wildman–Crippen LogP) is 2.19. The van der Waals surface area contributed by atoms with E-state index in [0.717, 1.165) is 18.4 Å². The van der Waals surface area contributed by atoms with Gasteiger partial charge in [0, 0.05) is 5.41 Å². The molecule has 3 rings (SSSR count). The van der Waals surface area contributed by atoms with Crippen molar-refractivity contribution in [3.8, 4) is 0 Å². The monoisotopic (exact) mass is 307 g/mol. The van der Waals surface area contributed by atoms with E-state index < -0.39 is 21.5 Å². The van der Waals surface area contributed by atoms with Crippen LogP contribution >= 0.6 is 0 Å². The molecule has 21 heavy (non-hydrogen) atoms. The Hall–Kier alpha value is -1.33. The summed E-state index contributed by atoms with van der Waals surface area (Å²) in [5, 5.41) is 10.7. The number of aliphatic hydroxyl groups excluding tert-OH is 1. The third-order valence-electron chi connectivity index (χ3n) is 4.91. The zero-order valence-corrected chi connectivity index (χ0v) is 13.0. The summed E-state index contributed by atoms with van der Waals surface area (Å²) in [5.74, 6) is 0. The maximum Gasteiger partial charge on any atom is 0.232 e. The van der Waals surface area contributed by atoms with Crippen molar-refractivity contribution in [1.82, 2.24) is 0 Å². The van der Waals surface area contributed by atoms with E-state index in [4.69, 9.17) is 0 Å². The van der Waals surface area contributed by atoms with Crippen molar-refractivity contribution in [3.05, 3.63) is 42.5 Å². The zero-order chi connectivity index (χ0) is 15.3. The van der Waals surface area contributed by atoms with E-state index >= 15 is 0 Å². The molecule has 1 fully saturated rings. The lowest BCUT2D eigenvalue weighted by atomic mass is 9.64. The van der Waals surface area contributed by atoms with E-state index in [1.54, 1.807) is 6.08 Å². The van der Waals surface area contributed by atoms with Crippen LogP contribution < -0.4 is 4.31 Å². The van der Waals surface area contributed by atoms with Crippen molar-refractivity contribution in [3.63, 3.8) is 0 Å². The minimum absolute atomic E-state index is 0.216. The van der Waals surface area contributed by atoms with E-state index in [-0.39, 0.29) is 6.04 Å². The summed E-state index contributed by atoms with van der Waals surface area (Å²) in [6.45, 7) is 3.83. The SMILES string of the molecule is C=CC[C@]12c3ccccc3N(S(C)(=O)=O)[C@H]1CCC[C@@H]2O. The molecule has 2 aliphatic rings. The first-order valence-electron chi connectivity index (χ1n) is 7.31. The van der Waals surface area contributed by atoms with Crippen LogP contribution in [0, 0.1) is 0 Å². The number of aliphatic hydroxyl groups is 1. The Labute approximate surface area is 126 Å². The molecule has 1 aromatic carbocycles. The molecule has 0 saturated heterocycles. The van der Waals surface area contributed by atoms with Gasteiger partial charge >= 0.3 is 0 Å². The molecule has 0 radical (unpaired) electrons. The first-order chi connectivity index (χ1) is 9.93. The van der Waals surface area contributed by atoms with Crippen molar-refractivity contribution < 1.29 is 13.5 Å². The maximum atomic E-state index is 12.3. The molecule has 0 unspecified atom stereocenters. The summed E-state index contributed by atoms with van der Waals surface area (Å²) in [7, 11) is -3.38. The first-order valence-corrected chi connectivity index (χ1v) is 9.15. The molecule has 0 bridgehead atoms. The van der Waals surface area contributed by atoms with Crippen LogP contribution in [0.1, 0.15) is 31.2 Å². The van der Waals surface area contributed by atoms with Gasteiger partial charge < -0.3 is 5.11 Å². The molecule has 1 aromatic rings. The van der Waals surface area contributed by atoms with E-state index in [1.807, 2.05) is 24.3 Å². The van der Waals surface area contributed by atoms with Crippen LogP contribution in [-0.2, 0) is 15.4 Å². The van der Waals surface area contributed by atoms with Gasteiger partial charge in [-0.1, -0.05) is 24.3 Å². The Bertz CT molecular complexity index is 670. The third-order valence-corrected chi connectivity index (χ3v) is 6.08. The summed E-state index contributed by atoms with van der Waals surface area (Å²) in [6.07, 6.45) is 5.40. The maximum absolute atomic E-state index is 12.3. The highest BCUT2D eigenvalue weighted by molar-refractivity contribution is 7.92. The molecule has 3 atom stereocenters. The van der Waals surface area contributed by atoms with Gasteiger partial charge in [-0.05, 0) is 37.3 Å². The predicted molar refractivity (Wildman–Crippen MR) is 83.9 cm³/mol. The quantitative estimate of drug-likeness (QED) is 0.871. The number of sulfonamides is 1. The molecule has 1 heterocycles. The zero-order valence-electron chi connectivity index (χ0n) is 12.2. The Kier molecular flexibility index (Phi) is 3.37. The number of benzene rings is 1. The van der Waals surface area contributed by atoms with Gasteiger partial charge in [0.25, 0.3) is 0 Å². The summed E-state index contributed by atoms with van der Waals surface area (Å²) < 4.78 is 26.2. The number of para-hydroxylation sites is 1. The average molecular weight is 307 g/mol. The van der Waals surface area contributed by atoms with Gasteiger partial charge in [-0.15, -0.1) is 6.58 Å². The fourth-order valence-electron chi connectivity index (χ4n) is 4.19. The van der Waals surface area contributed by atoms with E-state index in [2.05, 4.69) is 6.58 Å². The molecule has 4 nitrogen and oxygen atoms in total. The highest BCUT2D eigenvalue weighted by Crippen LogP contribution is 2.54. The molecule has 1 saturated carbocycles. The van der Waals surface area contributed by atoms with E-state index in [1.165, 1.54) is 10.6 Å². The Morgan fingerprint density at radius 3 is 2.81 bits per heavy atom. The van der Waals surface area contributed by atoms with Gasteiger partial charge in [-0.3, -0.25) is 4.31 Å². The largest absolute Gasteiger partial charge is 0.392 e. The summed E-state index contributed by atoms with van der Waals surface area (Å²) >= 11 is 0. The highest BCUT2D eigenvalue weighted by Gasteiger charge is 2.57. The van der Waals surface area contributed by atoms with Gasteiger partial charge in [-0.25, -0.2) is 8.42 Å². The second kappa shape index (κ2) is 4.85. The third kappa shape index (κ3) is 1.94. The average Bonchev–Trinajstić information content (AvgIpc) is 2.71. The van der Waals surface area contributed by atoms with Crippen LogP contribution in [0.3, 0.4) is 0 Å². The minimum atomic E-state index is -3.38. The molecule has 5 heteroatoms. The molecule has 1 N–H and O–H groups in total. The number of fused-ring (bicyclic) bond motifs is 3. The number of hydrogen-bond donors (Lipinski definition) is 1. The number of anilines is 1. The van der Waals surface area contributed by atoms with Crippen molar-refractivity contribution in [1.29, 1.82) is 0 Å². The van der Waals surface area contributed by atoms with E-state index in [0.29, 0.717) is 18.5 Å². The van der Waals surface area contributed by atoms with Crippen molar-refractivity contribution in [2.45, 2.75) is 43.2 Å². The molecular weight excluding hydrogens is 286 g/mol. The summed E-state index contributed by atoms with van der Waals surface area (Å²) in [6, 6.07) is 7.33. The number of hydrogen-bond acceptors (Lipinski definition) is 3. The first kappa shape index (κ1) is 14.6. The van der Waals surface area contributed by atoms with Crippen LogP contribution in [0.5, 0.6) is 0 Å². The molecule has 1 aliphatic heterocycles. The fraction of sp³-hybridized carbons (Fsp3) is 0.500. The lowest BCUT2D eigenvalue weighted by Gasteiger charge is -2.45. The van der Waals surface area contributed by atoms with Gasteiger partial charge in [0.15, 0.2) is 0 Å². The van der Waals surface area contributed by atoms with Gasteiger partial charge in [0.05, 0.1) is 24.1 Å². The molecule has 0 spiro atoms. The van der Waals surface area contributed by atoms with Crippen LogP contribution in [-0.4, -0.2) is 31.9 Å². The van der Waals surface area contributed by atoms with Crippen LogP contribution in [0.15, 0.2) is 36.9 Å². The van der Waals surface area contributed by atoms with Crippen molar-refractivity contribution in [2.24, 2.45) is 0 Å². The summed E-state index contributed by atoms with van der Waals surface area (Å²) in [4.78, 5) is 0. The molecule has 1 aliphatic carbocycles. The number of allylic oxidation sites excluding steroid dienone is 1. The van der Waals surface area contributed by atoms with Crippen molar-refractivity contribution in [2.75, 3.05) is 10.6 Å². The summed E-state index contributed by atoms with van der Waals surface area (Å²) in [5.41, 5.74) is 1.10. The molecular formula is C16H21NO3S. The Morgan fingerprint density at radius 1 is 1.43 bits per heavy atom. The van der Waals surface area contributed by atoms with E-state index in [9.17, 15) is 13.5 Å². The highest BCUT2D eigenvalue weighted by atomic mass is 32.2. The fourth-order valence-corrected chi connectivity index (χ4v) is 5.46. The van der Waals surface area contributed by atoms with Crippen LogP contribution in [0.25, 0.3) is 0 Å². The Morgan fingerprint density at radius 2 is 2.14 bits per heavy atom. The van der Waals surface area contributed by atoms with Gasteiger partial charge in [-0.2, -0.15) is 0 Å². The lowest BCUT2D eigenvalue weighted by molar-refractivity contribution is 0.0376. The molecule has 0 amide bonds. The lowest BCUT2D eigenvalue weighted by Crippen LogP contribution is -2.55. The van der Waals surface area contributed by atoms with Gasteiger partial charge in [0.2, 0.25) is 10.0 Å². The normalized spacial score (nSPS) is 31.6. The number of nitrogens with zero attached hydrogens (tertiary/aromatic N) is 1. The molecule has 114 valence electrons. The second-order valence-electron chi connectivity index (χ2n) is 6.07. The van der Waals surface area contributed by atoms with Gasteiger partial charge in [0.1, 0.15) is 0 Å². The second-order valence-corrected chi connectivity index (χ2v) is 7.93.